The second-order valence-corrected chi connectivity index (χ2v) is 10.3. The number of nitrogens with zero attached hydrogens (tertiary/aromatic N) is 2. The normalized spacial score (nSPS) is 18.2. The molecule has 38 heavy (non-hydrogen) atoms. The number of fused-ring (bicyclic) bond motifs is 1. The van der Waals surface area contributed by atoms with Crippen LogP contribution >= 0.6 is 0 Å². The van der Waals surface area contributed by atoms with Gasteiger partial charge in [0.1, 0.15) is 5.60 Å². The van der Waals surface area contributed by atoms with E-state index < -0.39 is 35.7 Å². The molecule has 3 N–H and O–H groups in total. The first kappa shape index (κ1) is 27.1. The number of anilines is 2. The molecule has 0 saturated carbocycles. The summed E-state index contributed by atoms with van der Waals surface area (Å²) in [7, 11) is 1.71. The lowest BCUT2D eigenvalue weighted by Crippen LogP contribution is -2.55. The van der Waals surface area contributed by atoms with Crippen molar-refractivity contribution in [3.05, 3.63) is 59.2 Å². The predicted octanol–water partition coefficient (Wildman–Crippen LogP) is 2.03. The fourth-order valence-corrected chi connectivity index (χ4v) is 4.24. The van der Waals surface area contributed by atoms with Crippen molar-refractivity contribution in [3.63, 3.8) is 0 Å². The van der Waals surface area contributed by atoms with Crippen molar-refractivity contribution in [3.8, 4) is 0 Å². The lowest BCUT2D eigenvalue weighted by atomic mass is 10.1. The smallest absolute Gasteiger partial charge is 0.407 e. The van der Waals surface area contributed by atoms with Crippen LogP contribution in [0.2, 0.25) is 0 Å². The van der Waals surface area contributed by atoms with Crippen LogP contribution in [-0.2, 0) is 32.2 Å². The average Bonchev–Trinajstić information content (AvgIpc) is 3.15. The molecule has 4 rings (SSSR count). The first-order valence-electron chi connectivity index (χ1n) is 12.3. The number of rotatable bonds is 6. The van der Waals surface area contributed by atoms with Gasteiger partial charge in [-0.15, -0.1) is 0 Å². The standard InChI is InChI=1S/C27H32N4O7/c1-27(2,3)38-26(36)28-14-16-5-8-18(9-6-16)29-23(33)21(32)22-25(35)31(11-12-37-22)19-10-7-17-15-30(4)24(34)20(17)13-19/h5-10,13,21-22,32H,11-12,14-15H2,1-4H3,(H,28,36)(H,29,33). The van der Waals surface area contributed by atoms with Crippen molar-refractivity contribution in [2.75, 3.05) is 30.4 Å². The van der Waals surface area contributed by atoms with Crippen LogP contribution in [0, 0.1) is 0 Å². The molecule has 11 nitrogen and oxygen atoms in total. The number of carbonyl (C=O) groups is 4. The lowest BCUT2D eigenvalue weighted by Gasteiger charge is -2.34. The fraction of sp³-hybridized carbons (Fsp3) is 0.407. The van der Waals surface area contributed by atoms with E-state index in [2.05, 4.69) is 10.6 Å². The average molecular weight is 525 g/mol. The number of alkyl carbamates (subject to hydrolysis) is 1. The molecule has 2 aromatic rings. The number of nitrogens with one attached hydrogen (secondary N) is 2. The van der Waals surface area contributed by atoms with E-state index in [-0.39, 0.29) is 25.6 Å². The highest BCUT2D eigenvalue weighted by molar-refractivity contribution is 6.05. The van der Waals surface area contributed by atoms with Gasteiger partial charge in [-0.1, -0.05) is 18.2 Å². The van der Waals surface area contributed by atoms with E-state index in [1.165, 1.54) is 4.90 Å². The first-order valence-corrected chi connectivity index (χ1v) is 12.3. The van der Waals surface area contributed by atoms with Gasteiger partial charge in [0.05, 0.1) is 6.61 Å². The molecular weight excluding hydrogens is 492 g/mol. The number of morpholine rings is 1. The minimum Gasteiger partial charge on any atom is -0.444 e. The van der Waals surface area contributed by atoms with E-state index in [1.807, 2.05) is 0 Å². The zero-order chi connectivity index (χ0) is 27.6. The van der Waals surface area contributed by atoms with E-state index in [9.17, 15) is 24.3 Å². The Morgan fingerprint density at radius 1 is 1.16 bits per heavy atom. The molecule has 11 heteroatoms. The Morgan fingerprint density at radius 2 is 1.87 bits per heavy atom. The van der Waals surface area contributed by atoms with E-state index in [4.69, 9.17) is 9.47 Å². The van der Waals surface area contributed by atoms with Crippen molar-refractivity contribution in [1.29, 1.82) is 0 Å². The monoisotopic (exact) mass is 524 g/mol. The van der Waals surface area contributed by atoms with E-state index >= 15 is 0 Å². The van der Waals surface area contributed by atoms with E-state index in [0.717, 1.165) is 11.1 Å². The van der Waals surface area contributed by atoms with Crippen LogP contribution in [-0.4, -0.2) is 71.8 Å². The number of carbonyl (C=O) groups excluding carboxylic acids is 4. The number of hydrogen-bond donors (Lipinski definition) is 3. The summed E-state index contributed by atoms with van der Waals surface area (Å²) in [4.78, 5) is 53.1. The summed E-state index contributed by atoms with van der Waals surface area (Å²) in [5, 5.41) is 15.9. The van der Waals surface area contributed by atoms with Gasteiger partial charge in [0.25, 0.3) is 17.7 Å². The van der Waals surface area contributed by atoms with Crippen molar-refractivity contribution in [1.82, 2.24) is 10.2 Å². The zero-order valence-electron chi connectivity index (χ0n) is 21.8. The molecule has 2 aliphatic rings. The third-order valence-electron chi connectivity index (χ3n) is 6.12. The molecule has 0 bridgehead atoms. The highest BCUT2D eigenvalue weighted by Crippen LogP contribution is 2.28. The summed E-state index contributed by atoms with van der Waals surface area (Å²) in [5.41, 5.74) is 2.49. The molecule has 2 atom stereocenters. The van der Waals surface area contributed by atoms with Gasteiger partial charge in [-0.25, -0.2) is 4.79 Å². The number of amides is 4. The number of aliphatic hydroxyl groups excluding tert-OH is 1. The summed E-state index contributed by atoms with van der Waals surface area (Å²) in [5.74, 6) is -1.48. The summed E-state index contributed by atoms with van der Waals surface area (Å²) in [6.07, 6.45) is -3.68. The Kier molecular flexibility index (Phi) is 7.70. The molecule has 0 aromatic heterocycles. The molecule has 0 spiro atoms. The number of ether oxygens (including phenoxy) is 2. The molecule has 2 aromatic carbocycles. The number of benzene rings is 2. The molecule has 2 unspecified atom stereocenters. The molecule has 4 amide bonds. The highest BCUT2D eigenvalue weighted by atomic mass is 16.6. The number of aliphatic hydroxyl groups is 1. The van der Waals surface area contributed by atoms with Crippen LogP contribution < -0.4 is 15.5 Å². The molecule has 2 aliphatic heterocycles. The van der Waals surface area contributed by atoms with Crippen molar-refractivity contribution in [2.45, 2.75) is 51.7 Å². The highest BCUT2D eigenvalue weighted by Gasteiger charge is 2.40. The van der Waals surface area contributed by atoms with Gasteiger partial charge in [-0.2, -0.15) is 0 Å². The molecular formula is C27H32N4O7. The van der Waals surface area contributed by atoms with Gasteiger partial charge in [0.2, 0.25) is 0 Å². The Bertz CT molecular complexity index is 1240. The SMILES string of the molecule is CN1Cc2ccc(N3CCOC(C(O)C(=O)Nc4ccc(CNC(=O)OC(C)(C)C)cc4)C3=O)cc2C1=O. The van der Waals surface area contributed by atoms with Gasteiger partial charge in [-0.05, 0) is 56.2 Å². The second-order valence-electron chi connectivity index (χ2n) is 10.3. The molecule has 0 radical (unpaired) electrons. The maximum absolute atomic E-state index is 13.1. The van der Waals surface area contributed by atoms with Gasteiger partial charge in [0.15, 0.2) is 12.2 Å². The quantitative estimate of drug-likeness (QED) is 0.526. The maximum Gasteiger partial charge on any atom is 0.407 e. The Balaban J connectivity index is 1.35. The predicted molar refractivity (Wildman–Crippen MR) is 138 cm³/mol. The summed E-state index contributed by atoms with van der Waals surface area (Å²) in [6.45, 7) is 6.41. The Morgan fingerprint density at radius 3 is 2.55 bits per heavy atom. The molecule has 1 fully saturated rings. The molecule has 0 aliphatic carbocycles. The maximum atomic E-state index is 13.1. The minimum atomic E-state index is -1.75. The van der Waals surface area contributed by atoms with Gasteiger partial charge in [-0.3, -0.25) is 14.4 Å². The van der Waals surface area contributed by atoms with Crippen LogP contribution in [0.5, 0.6) is 0 Å². The van der Waals surface area contributed by atoms with Gasteiger partial charge < -0.3 is 35.0 Å². The Hall–Kier alpha value is -3.96. The van der Waals surface area contributed by atoms with Crippen LogP contribution in [0.15, 0.2) is 42.5 Å². The third-order valence-corrected chi connectivity index (χ3v) is 6.12. The van der Waals surface area contributed by atoms with E-state index in [1.54, 1.807) is 75.2 Å². The summed E-state index contributed by atoms with van der Waals surface area (Å²) in [6, 6.07) is 11.9. The first-order chi connectivity index (χ1) is 17.9. The molecule has 1 saturated heterocycles. The summed E-state index contributed by atoms with van der Waals surface area (Å²) >= 11 is 0. The zero-order valence-corrected chi connectivity index (χ0v) is 21.8. The van der Waals surface area contributed by atoms with Crippen molar-refractivity contribution < 1.29 is 33.8 Å². The van der Waals surface area contributed by atoms with Gasteiger partial charge >= 0.3 is 6.09 Å². The van der Waals surface area contributed by atoms with Crippen LogP contribution in [0.3, 0.4) is 0 Å². The van der Waals surface area contributed by atoms with Crippen molar-refractivity contribution in [2.24, 2.45) is 0 Å². The lowest BCUT2D eigenvalue weighted by molar-refractivity contribution is -0.150. The molecule has 202 valence electrons. The second kappa shape index (κ2) is 10.8. The van der Waals surface area contributed by atoms with Crippen LogP contribution in [0.1, 0.15) is 42.3 Å². The third kappa shape index (κ3) is 6.12. The van der Waals surface area contributed by atoms with E-state index in [0.29, 0.717) is 23.5 Å². The Labute approximate surface area is 220 Å². The summed E-state index contributed by atoms with van der Waals surface area (Å²) < 4.78 is 10.7. The van der Waals surface area contributed by atoms with Crippen LogP contribution in [0.4, 0.5) is 16.2 Å². The number of hydrogen-bond acceptors (Lipinski definition) is 7. The van der Waals surface area contributed by atoms with Gasteiger partial charge in [0, 0.05) is 43.6 Å². The largest absolute Gasteiger partial charge is 0.444 e. The fourth-order valence-electron chi connectivity index (χ4n) is 4.24. The van der Waals surface area contributed by atoms with Crippen molar-refractivity contribution >= 4 is 35.2 Å². The van der Waals surface area contributed by atoms with Crippen LogP contribution in [0.25, 0.3) is 0 Å². The molecule has 2 heterocycles. The topological polar surface area (TPSA) is 138 Å². The minimum absolute atomic E-state index is 0.116.